The molecule has 0 fully saturated rings. The molecule has 1 N–H and O–H groups in total. The van der Waals surface area contributed by atoms with Gasteiger partial charge in [-0.3, -0.25) is 9.48 Å². The van der Waals surface area contributed by atoms with Crippen LogP contribution in [0.3, 0.4) is 0 Å². The highest BCUT2D eigenvalue weighted by Crippen LogP contribution is 2.01. The highest BCUT2D eigenvalue weighted by molar-refractivity contribution is 5.95. The van der Waals surface area contributed by atoms with Crippen molar-refractivity contribution in [2.75, 3.05) is 0 Å². The van der Waals surface area contributed by atoms with E-state index < -0.39 is 5.97 Å². The number of rotatable bonds is 2. The first-order valence-corrected chi connectivity index (χ1v) is 2.87. The van der Waals surface area contributed by atoms with Crippen molar-refractivity contribution >= 4 is 12.3 Å². The number of carbonyl (C=O) groups is 2. The fraction of sp³-hybridized carbons (Fsp3) is 0.167. The lowest BCUT2D eigenvalue weighted by molar-refractivity contribution is 0.0687. The molecule has 0 aliphatic heterocycles. The number of aromatic nitrogens is 2. The Balaban J connectivity index is 3.22. The molecule has 0 unspecified atom stereocenters. The standard InChI is InChI=1S/C6H6N2O3/c1-8-2-4(3-9)5(7-8)6(10)11/h2-3H,1H3,(H,10,11). The van der Waals surface area contributed by atoms with Crippen LogP contribution in [0.4, 0.5) is 0 Å². The minimum Gasteiger partial charge on any atom is -0.476 e. The van der Waals surface area contributed by atoms with Gasteiger partial charge in [0.1, 0.15) is 0 Å². The number of carboxylic acids is 1. The maximum atomic E-state index is 10.4. The number of carboxylic acid groups (broad SMARTS) is 1. The van der Waals surface area contributed by atoms with Gasteiger partial charge < -0.3 is 5.11 Å². The highest BCUT2D eigenvalue weighted by Gasteiger charge is 2.13. The molecule has 11 heavy (non-hydrogen) atoms. The minimum absolute atomic E-state index is 0.0972. The topological polar surface area (TPSA) is 72.2 Å². The van der Waals surface area contributed by atoms with E-state index in [9.17, 15) is 9.59 Å². The van der Waals surface area contributed by atoms with Crippen molar-refractivity contribution in [1.82, 2.24) is 9.78 Å². The Morgan fingerprint density at radius 3 is 2.82 bits per heavy atom. The maximum absolute atomic E-state index is 10.4. The predicted octanol–water partition coefficient (Wildman–Crippen LogP) is -0.0692. The van der Waals surface area contributed by atoms with Crippen molar-refractivity contribution < 1.29 is 14.7 Å². The van der Waals surface area contributed by atoms with Gasteiger partial charge in [0.15, 0.2) is 12.0 Å². The summed E-state index contributed by atoms with van der Waals surface area (Å²) in [4.78, 5) is 20.6. The summed E-state index contributed by atoms with van der Waals surface area (Å²) in [5, 5.41) is 12.0. The fourth-order valence-corrected chi connectivity index (χ4v) is 0.759. The van der Waals surface area contributed by atoms with Gasteiger partial charge in [-0.15, -0.1) is 0 Å². The van der Waals surface area contributed by atoms with Crippen LogP contribution in [0.1, 0.15) is 20.8 Å². The third-order valence-corrected chi connectivity index (χ3v) is 1.19. The second kappa shape index (κ2) is 2.53. The molecule has 1 heterocycles. The van der Waals surface area contributed by atoms with Crippen LogP contribution >= 0.6 is 0 Å². The molecule has 1 aromatic heterocycles. The summed E-state index contributed by atoms with van der Waals surface area (Å²) in [6, 6.07) is 0. The highest BCUT2D eigenvalue weighted by atomic mass is 16.4. The average Bonchev–Trinajstić information content (AvgIpc) is 2.30. The average molecular weight is 154 g/mol. The zero-order valence-corrected chi connectivity index (χ0v) is 5.81. The summed E-state index contributed by atoms with van der Waals surface area (Å²) >= 11 is 0. The lowest BCUT2D eigenvalue weighted by Crippen LogP contribution is -2.01. The molecule has 0 bridgehead atoms. The molecule has 0 saturated heterocycles. The SMILES string of the molecule is Cn1cc(C=O)c(C(=O)O)n1. The Morgan fingerprint density at radius 2 is 2.45 bits per heavy atom. The number of nitrogens with zero attached hydrogens (tertiary/aromatic N) is 2. The molecule has 5 nitrogen and oxygen atoms in total. The van der Waals surface area contributed by atoms with Crippen LogP contribution in [-0.2, 0) is 7.05 Å². The normalized spacial score (nSPS) is 9.55. The van der Waals surface area contributed by atoms with Gasteiger partial charge in [0.05, 0.1) is 5.56 Å². The summed E-state index contributed by atoms with van der Waals surface area (Å²) in [7, 11) is 1.56. The smallest absolute Gasteiger partial charge is 0.357 e. The first-order chi connectivity index (χ1) is 5.15. The van der Waals surface area contributed by atoms with Gasteiger partial charge in [-0.2, -0.15) is 5.10 Å². The summed E-state index contributed by atoms with van der Waals surface area (Å²) in [5.41, 5.74) is -0.109. The fourth-order valence-electron chi connectivity index (χ4n) is 0.759. The number of aldehydes is 1. The van der Waals surface area contributed by atoms with Crippen molar-refractivity contribution in [3.05, 3.63) is 17.5 Å². The van der Waals surface area contributed by atoms with E-state index in [1.165, 1.54) is 10.9 Å². The molecule has 0 amide bonds. The molecule has 0 spiro atoms. The zero-order chi connectivity index (χ0) is 8.43. The molecule has 0 aromatic carbocycles. The van der Waals surface area contributed by atoms with Gasteiger partial charge in [0, 0.05) is 13.2 Å². The quantitative estimate of drug-likeness (QED) is 0.605. The Morgan fingerprint density at radius 1 is 1.82 bits per heavy atom. The second-order valence-electron chi connectivity index (χ2n) is 2.03. The van der Waals surface area contributed by atoms with E-state index in [0.717, 1.165) is 0 Å². The Kier molecular flexibility index (Phi) is 1.72. The Bertz CT molecular complexity index is 303. The van der Waals surface area contributed by atoms with Gasteiger partial charge in [0.2, 0.25) is 0 Å². The van der Waals surface area contributed by atoms with E-state index in [2.05, 4.69) is 5.10 Å². The molecule has 0 aliphatic carbocycles. The van der Waals surface area contributed by atoms with Crippen LogP contribution in [0.5, 0.6) is 0 Å². The lowest BCUT2D eigenvalue weighted by atomic mass is 10.3. The molecule has 1 rings (SSSR count). The summed E-state index contributed by atoms with van der Waals surface area (Å²) in [5.74, 6) is -1.19. The number of carbonyl (C=O) groups excluding carboxylic acids is 1. The van der Waals surface area contributed by atoms with E-state index in [1.54, 1.807) is 7.05 Å². The van der Waals surface area contributed by atoms with Gasteiger partial charge >= 0.3 is 5.97 Å². The molecular formula is C6H6N2O3. The summed E-state index contributed by atoms with van der Waals surface area (Å²) in [6.45, 7) is 0. The van der Waals surface area contributed by atoms with E-state index in [4.69, 9.17) is 5.11 Å². The number of aryl methyl sites for hydroxylation is 1. The Labute approximate surface area is 62.3 Å². The van der Waals surface area contributed by atoms with Gasteiger partial charge in [-0.25, -0.2) is 4.79 Å². The van der Waals surface area contributed by atoms with Gasteiger partial charge in [-0.1, -0.05) is 0 Å². The first-order valence-electron chi connectivity index (χ1n) is 2.87. The lowest BCUT2D eigenvalue weighted by Gasteiger charge is -1.84. The number of hydrogen-bond acceptors (Lipinski definition) is 3. The van der Waals surface area contributed by atoms with E-state index in [0.29, 0.717) is 6.29 Å². The summed E-state index contributed by atoms with van der Waals surface area (Å²) in [6.07, 6.45) is 1.83. The third kappa shape index (κ3) is 1.26. The Hall–Kier alpha value is -1.65. The third-order valence-electron chi connectivity index (χ3n) is 1.19. The molecule has 0 radical (unpaired) electrons. The van der Waals surface area contributed by atoms with Crippen molar-refractivity contribution in [1.29, 1.82) is 0 Å². The predicted molar refractivity (Wildman–Crippen MR) is 35.6 cm³/mol. The number of aromatic carboxylic acids is 1. The number of hydrogen-bond donors (Lipinski definition) is 1. The molecule has 5 heteroatoms. The van der Waals surface area contributed by atoms with Crippen molar-refractivity contribution in [3.8, 4) is 0 Å². The van der Waals surface area contributed by atoms with Crippen LogP contribution in [0.25, 0.3) is 0 Å². The van der Waals surface area contributed by atoms with Crippen LogP contribution in [0, 0.1) is 0 Å². The molecule has 0 atom stereocenters. The largest absolute Gasteiger partial charge is 0.476 e. The van der Waals surface area contributed by atoms with Crippen LogP contribution in [-0.4, -0.2) is 27.1 Å². The molecule has 0 saturated carbocycles. The molecule has 1 aromatic rings. The zero-order valence-electron chi connectivity index (χ0n) is 5.81. The van der Waals surface area contributed by atoms with Crippen LogP contribution < -0.4 is 0 Å². The van der Waals surface area contributed by atoms with Crippen LogP contribution in [0.15, 0.2) is 6.20 Å². The van der Waals surface area contributed by atoms with Gasteiger partial charge in [-0.05, 0) is 0 Å². The van der Waals surface area contributed by atoms with Crippen molar-refractivity contribution in [2.45, 2.75) is 0 Å². The maximum Gasteiger partial charge on any atom is 0.357 e. The van der Waals surface area contributed by atoms with E-state index in [1.807, 2.05) is 0 Å². The molecule has 0 aliphatic rings. The van der Waals surface area contributed by atoms with Crippen molar-refractivity contribution in [3.63, 3.8) is 0 Å². The molecule has 58 valence electrons. The first kappa shape index (κ1) is 7.46. The molecular weight excluding hydrogens is 148 g/mol. The second-order valence-corrected chi connectivity index (χ2v) is 2.03. The monoisotopic (exact) mass is 154 g/mol. The van der Waals surface area contributed by atoms with Crippen molar-refractivity contribution in [2.24, 2.45) is 7.05 Å². The minimum atomic E-state index is -1.19. The van der Waals surface area contributed by atoms with Gasteiger partial charge in [0.25, 0.3) is 0 Å². The van der Waals surface area contributed by atoms with E-state index >= 15 is 0 Å². The summed E-state index contributed by atoms with van der Waals surface area (Å²) < 4.78 is 1.28. The van der Waals surface area contributed by atoms with Crippen LogP contribution in [0.2, 0.25) is 0 Å². The van der Waals surface area contributed by atoms with E-state index in [-0.39, 0.29) is 11.3 Å².